The molecule has 0 unspecified atom stereocenters. The van der Waals surface area contributed by atoms with Gasteiger partial charge in [0.1, 0.15) is 0 Å². The highest BCUT2D eigenvalue weighted by molar-refractivity contribution is 7.71. The van der Waals surface area contributed by atoms with Crippen molar-refractivity contribution in [3.63, 3.8) is 0 Å². The molecule has 0 aliphatic heterocycles. The molecule has 0 heterocycles. The van der Waals surface area contributed by atoms with Crippen LogP contribution in [0.25, 0.3) is 0 Å². The van der Waals surface area contributed by atoms with Crippen LogP contribution in [0.5, 0.6) is 0 Å². The highest BCUT2D eigenvalue weighted by Crippen LogP contribution is 2.66. The van der Waals surface area contributed by atoms with E-state index >= 15 is 0 Å². The van der Waals surface area contributed by atoms with Crippen LogP contribution in [0.2, 0.25) is 0 Å². The number of hydrogen-bond acceptors (Lipinski definition) is 5. The van der Waals surface area contributed by atoms with E-state index in [1.807, 2.05) is 0 Å². The summed E-state index contributed by atoms with van der Waals surface area (Å²) in [5.41, 5.74) is 9.81. The largest absolute Gasteiger partial charge is 0.369 e. The van der Waals surface area contributed by atoms with E-state index in [4.69, 9.17) is 36.1 Å². The molecule has 11 heteroatoms. The molecule has 0 fully saturated rings. The lowest BCUT2D eigenvalue weighted by molar-refractivity contribution is 0.146. The van der Waals surface area contributed by atoms with Gasteiger partial charge in [-0.05, 0) is 6.92 Å². The predicted molar refractivity (Wildman–Crippen MR) is 52.8 cm³/mol. The minimum atomic E-state index is -5.20. The van der Waals surface area contributed by atoms with E-state index in [0.29, 0.717) is 20.0 Å². The Morgan fingerprint density at radius 2 is 1.20 bits per heavy atom. The number of aliphatic hydroxyl groups is 1. The molecule has 0 rings (SSSR count). The molecule has 0 aromatic carbocycles. The standard InChI is InChI=1S/C2H8N2.C2H8O7P2/c3-1-2-4;1-2(3,10(4,5)6)11(7,8)9/h1-4H2;3H,1H3,(H2,4,5,6)(H2,7,8,9). The fourth-order valence-electron chi connectivity index (χ4n) is 0.170. The van der Waals surface area contributed by atoms with Gasteiger partial charge in [0.05, 0.1) is 0 Å². The van der Waals surface area contributed by atoms with Gasteiger partial charge < -0.3 is 36.1 Å². The van der Waals surface area contributed by atoms with Gasteiger partial charge in [0, 0.05) is 13.1 Å². The maximum Gasteiger partial charge on any atom is 0.369 e. The molecule has 0 saturated heterocycles. The van der Waals surface area contributed by atoms with Gasteiger partial charge in [-0.2, -0.15) is 0 Å². The predicted octanol–water partition coefficient (Wildman–Crippen LogP) is -2.09. The van der Waals surface area contributed by atoms with Crippen LogP contribution in [-0.4, -0.2) is 42.9 Å². The van der Waals surface area contributed by atoms with E-state index in [2.05, 4.69) is 0 Å². The molecule has 0 amide bonds. The Balaban J connectivity index is 0. The number of nitrogens with two attached hydrogens (primary N) is 2. The summed E-state index contributed by atoms with van der Waals surface area (Å²) in [6.45, 7) is 1.58. The summed E-state index contributed by atoms with van der Waals surface area (Å²) in [7, 11) is -10.4. The Morgan fingerprint density at radius 3 is 1.20 bits per heavy atom. The van der Waals surface area contributed by atoms with Crippen molar-refractivity contribution < 1.29 is 33.8 Å². The summed E-state index contributed by atoms with van der Waals surface area (Å²) in [5, 5.41) is 5.37. The summed E-state index contributed by atoms with van der Waals surface area (Å²) in [6.07, 6.45) is 0. The fourth-order valence-corrected chi connectivity index (χ4v) is 1.53. The van der Waals surface area contributed by atoms with Crippen molar-refractivity contribution in [3.8, 4) is 0 Å². The van der Waals surface area contributed by atoms with Gasteiger partial charge in [0.2, 0.25) is 0 Å². The first-order valence-electron chi connectivity index (χ1n) is 3.65. The zero-order valence-corrected chi connectivity index (χ0v) is 9.80. The van der Waals surface area contributed by atoms with Gasteiger partial charge in [-0.1, -0.05) is 0 Å². The smallest absolute Gasteiger partial charge is 0.368 e. The Morgan fingerprint density at radius 1 is 1.00 bits per heavy atom. The molecule has 0 radical (unpaired) electrons. The SMILES string of the molecule is CC(O)(P(=O)(O)O)P(=O)(O)O.NCCN. The van der Waals surface area contributed by atoms with Crippen LogP contribution in [0.3, 0.4) is 0 Å². The summed E-state index contributed by atoms with van der Waals surface area (Å²) in [4.78, 5) is 33.0. The minimum absolute atomic E-state index is 0.383. The lowest BCUT2D eigenvalue weighted by Crippen LogP contribution is -2.23. The Bertz CT molecular complexity index is 242. The summed E-state index contributed by atoms with van der Waals surface area (Å²) in [5.74, 6) is 0. The zero-order valence-electron chi connectivity index (χ0n) is 8.02. The highest BCUT2D eigenvalue weighted by atomic mass is 31.2. The molecule has 94 valence electrons. The second-order valence-electron chi connectivity index (χ2n) is 2.64. The molecule has 9 nitrogen and oxygen atoms in total. The molecule has 9 N–H and O–H groups in total. The summed E-state index contributed by atoms with van der Waals surface area (Å²) < 4.78 is 20.5. The molecule has 0 saturated carbocycles. The Labute approximate surface area is 86.4 Å². The first-order chi connectivity index (χ1) is 6.41. The zero-order chi connectivity index (χ0) is 12.9. The molecular formula is C4H16N2O7P2. The monoisotopic (exact) mass is 266 g/mol. The van der Waals surface area contributed by atoms with Crippen LogP contribution >= 0.6 is 15.2 Å². The van der Waals surface area contributed by atoms with E-state index < -0.39 is 20.3 Å². The van der Waals surface area contributed by atoms with Crippen LogP contribution in [0.15, 0.2) is 0 Å². The minimum Gasteiger partial charge on any atom is -0.368 e. The van der Waals surface area contributed by atoms with Crippen molar-refractivity contribution in [1.82, 2.24) is 0 Å². The van der Waals surface area contributed by atoms with Crippen LogP contribution in [0, 0.1) is 0 Å². The third-order valence-electron chi connectivity index (χ3n) is 1.27. The van der Waals surface area contributed by atoms with Gasteiger partial charge in [-0.25, -0.2) is 0 Å². The maximum atomic E-state index is 10.3. The fraction of sp³-hybridized carbons (Fsp3) is 1.00. The van der Waals surface area contributed by atoms with Crippen LogP contribution in [0.4, 0.5) is 0 Å². The molecule has 0 bridgehead atoms. The number of rotatable bonds is 3. The highest BCUT2D eigenvalue weighted by Gasteiger charge is 2.55. The van der Waals surface area contributed by atoms with Crippen molar-refractivity contribution in [2.45, 2.75) is 12.0 Å². The van der Waals surface area contributed by atoms with E-state index in [1.54, 1.807) is 0 Å². The van der Waals surface area contributed by atoms with Crippen molar-refractivity contribution in [2.75, 3.05) is 13.1 Å². The van der Waals surface area contributed by atoms with Crippen molar-refractivity contribution >= 4 is 15.2 Å². The third kappa shape index (κ3) is 5.72. The van der Waals surface area contributed by atoms with Gasteiger partial charge in [0.25, 0.3) is 5.08 Å². The Hall–Kier alpha value is 0.180. The average molecular weight is 266 g/mol. The molecule has 0 atom stereocenters. The van der Waals surface area contributed by atoms with Gasteiger partial charge in [0.15, 0.2) is 0 Å². The van der Waals surface area contributed by atoms with Crippen molar-refractivity contribution in [2.24, 2.45) is 11.5 Å². The summed E-state index contributed by atoms with van der Waals surface area (Å²) >= 11 is 0. The second-order valence-corrected chi connectivity index (χ2v) is 6.91. The normalized spacial score (nSPS) is 13.1. The van der Waals surface area contributed by atoms with E-state index in [0.717, 1.165) is 0 Å². The molecule has 0 spiro atoms. The molecule has 0 aromatic heterocycles. The number of hydrogen-bond donors (Lipinski definition) is 7. The van der Waals surface area contributed by atoms with E-state index in [-0.39, 0.29) is 0 Å². The molecule has 15 heavy (non-hydrogen) atoms. The van der Waals surface area contributed by atoms with Crippen molar-refractivity contribution in [3.05, 3.63) is 0 Å². The summed E-state index contributed by atoms with van der Waals surface area (Å²) in [6, 6.07) is 0. The topological polar surface area (TPSA) is 187 Å². The van der Waals surface area contributed by atoms with E-state index in [9.17, 15) is 9.13 Å². The quantitative estimate of drug-likeness (QED) is 0.281. The molecular weight excluding hydrogens is 250 g/mol. The van der Waals surface area contributed by atoms with Crippen LogP contribution in [0.1, 0.15) is 6.92 Å². The first-order valence-corrected chi connectivity index (χ1v) is 6.88. The van der Waals surface area contributed by atoms with Gasteiger partial charge in [-0.3, -0.25) is 9.13 Å². The second kappa shape index (κ2) is 6.05. The first kappa shape index (κ1) is 17.6. The molecule has 0 aliphatic rings. The lowest BCUT2D eigenvalue weighted by Gasteiger charge is -2.24. The Kier molecular flexibility index (Phi) is 7.09. The third-order valence-corrected chi connectivity index (χ3v) is 5.04. The van der Waals surface area contributed by atoms with Gasteiger partial charge >= 0.3 is 15.2 Å². The van der Waals surface area contributed by atoms with Crippen LogP contribution in [-0.2, 0) is 9.13 Å². The van der Waals surface area contributed by atoms with Crippen molar-refractivity contribution in [1.29, 1.82) is 0 Å². The lowest BCUT2D eigenvalue weighted by atomic mass is 10.7. The maximum absolute atomic E-state index is 10.3. The van der Waals surface area contributed by atoms with Gasteiger partial charge in [-0.15, -0.1) is 0 Å². The molecule has 0 aliphatic carbocycles. The molecule has 0 aromatic rings. The van der Waals surface area contributed by atoms with E-state index in [1.165, 1.54) is 0 Å². The average Bonchev–Trinajstić information content (AvgIpc) is 2.01. The van der Waals surface area contributed by atoms with Crippen LogP contribution < -0.4 is 11.5 Å².